The van der Waals surface area contributed by atoms with Crippen LogP contribution >= 0.6 is 0 Å². The number of sulfonamides is 1. The SMILES string of the molecule is COc1ccc(S(=O)(=O)N(CC(=O)N[C@@H](C)C(C)C)c2ccc(C)cc2)cc1. The molecule has 1 amide bonds. The Bertz CT molecular complexity index is 891. The Morgan fingerprint density at radius 3 is 2.11 bits per heavy atom. The Morgan fingerprint density at radius 2 is 1.61 bits per heavy atom. The second-order valence-corrected chi connectivity index (χ2v) is 8.99. The van der Waals surface area contributed by atoms with Gasteiger partial charge in [0.25, 0.3) is 10.0 Å². The van der Waals surface area contributed by atoms with E-state index in [1.165, 1.54) is 19.2 Å². The lowest BCUT2D eigenvalue weighted by atomic mass is 10.1. The van der Waals surface area contributed by atoms with Crippen LogP contribution in [0.4, 0.5) is 5.69 Å². The van der Waals surface area contributed by atoms with E-state index in [1.807, 2.05) is 39.8 Å². The zero-order valence-electron chi connectivity index (χ0n) is 17.0. The fourth-order valence-corrected chi connectivity index (χ4v) is 3.92. The lowest BCUT2D eigenvalue weighted by Gasteiger charge is -2.26. The molecule has 0 spiro atoms. The standard InChI is InChI=1S/C21H28N2O4S/c1-15(2)17(4)22-21(24)14-23(18-8-6-16(3)7-9-18)28(25,26)20-12-10-19(27-5)11-13-20/h6-13,15,17H,14H2,1-5H3,(H,22,24)/t17-/m0/s1. The van der Waals surface area contributed by atoms with E-state index >= 15 is 0 Å². The Kier molecular flexibility index (Phi) is 7.07. The van der Waals surface area contributed by atoms with Crippen molar-refractivity contribution in [1.29, 1.82) is 0 Å². The van der Waals surface area contributed by atoms with E-state index in [0.717, 1.165) is 9.87 Å². The first-order chi connectivity index (χ1) is 13.1. The number of hydrogen-bond acceptors (Lipinski definition) is 4. The molecular weight excluding hydrogens is 376 g/mol. The zero-order valence-corrected chi connectivity index (χ0v) is 17.8. The summed E-state index contributed by atoms with van der Waals surface area (Å²) in [5.74, 6) is 0.457. The van der Waals surface area contributed by atoms with Gasteiger partial charge in [-0.05, 0) is 56.2 Å². The number of methoxy groups -OCH3 is 1. The van der Waals surface area contributed by atoms with Gasteiger partial charge in [0.05, 0.1) is 17.7 Å². The third-order valence-corrected chi connectivity index (χ3v) is 6.43. The van der Waals surface area contributed by atoms with Gasteiger partial charge in [-0.2, -0.15) is 0 Å². The topological polar surface area (TPSA) is 75.7 Å². The fraction of sp³-hybridized carbons (Fsp3) is 0.381. The van der Waals surface area contributed by atoms with Crippen LogP contribution in [-0.2, 0) is 14.8 Å². The van der Waals surface area contributed by atoms with Crippen LogP contribution in [0.1, 0.15) is 26.3 Å². The molecule has 0 heterocycles. The highest BCUT2D eigenvalue weighted by Crippen LogP contribution is 2.25. The third-order valence-electron chi connectivity index (χ3n) is 4.65. The summed E-state index contributed by atoms with van der Waals surface area (Å²) in [6.45, 7) is 7.52. The maximum Gasteiger partial charge on any atom is 0.264 e. The van der Waals surface area contributed by atoms with Crippen molar-refractivity contribution in [1.82, 2.24) is 5.32 Å². The molecule has 0 aromatic heterocycles. The molecule has 2 rings (SSSR count). The molecule has 0 aliphatic carbocycles. The minimum absolute atomic E-state index is 0.0592. The first kappa shape index (κ1) is 21.8. The number of nitrogens with one attached hydrogen (secondary N) is 1. The maximum atomic E-state index is 13.3. The van der Waals surface area contributed by atoms with E-state index in [4.69, 9.17) is 4.74 Å². The molecule has 0 aliphatic rings. The Morgan fingerprint density at radius 1 is 1.04 bits per heavy atom. The summed E-state index contributed by atoms with van der Waals surface area (Å²) >= 11 is 0. The van der Waals surface area contributed by atoms with Gasteiger partial charge >= 0.3 is 0 Å². The van der Waals surface area contributed by atoms with Gasteiger partial charge in [0, 0.05) is 6.04 Å². The van der Waals surface area contributed by atoms with Crippen molar-refractivity contribution in [3.63, 3.8) is 0 Å². The van der Waals surface area contributed by atoms with Crippen molar-refractivity contribution in [2.75, 3.05) is 18.0 Å². The number of rotatable bonds is 8. The van der Waals surface area contributed by atoms with Gasteiger partial charge in [-0.15, -0.1) is 0 Å². The number of ether oxygens (including phenoxy) is 1. The Balaban J connectivity index is 2.39. The van der Waals surface area contributed by atoms with E-state index in [-0.39, 0.29) is 29.3 Å². The number of aryl methyl sites for hydroxylation is 1. The average molecular weight is 405 g/mol. The van der Waals surface area contributed by atoms with Crippen LogP contribution in [-0.4, -0.2) is 34.0 Å². The van der Waals surface area contributed by atoms with Crippen molar-refractivity contribution < 1.29 is 17.9 Å². The smallest absolute Gasteiger partial charge is 0.264 e. The minimum atomic E-state index is -3.93. The molecule has 7 heteroatoms. The van der Waals surface area contributed by atoms with Gasteiger partial charge < -0.3 is 10.1 Å². The van der Waals surface area contributed by atoms with E-state index in [2.05, 4.69) is 5.32 Å². The van der Waals surface area contributed by atoms with Gasteiger partial charge in [0.15, 0.2) is 0 Å². The zero-order chi connectivity index (χ0) is 20.9. The monoisotopic (exact) mass is 404 g/mol. The number of amides is 1. The van der Waals surface area contributed by atoms with Gasteiger partial charge in [0.2, 0.25) is 5.91 Å². The minimum Gasteiger partial charge on any atom is -0.497 e. The van der Waals surface area contributed by atoms with Gasteiger partial charge in [0.1, 0.15) is 12.3 Å². The van der Waals surface area contributed by atoms with Crippen molar-refractivity contribution in [2.45, 2.75) is 38.6 Å². The molecule has 6 nitrogen and oxygen atoms in total. The predicted octanol–water partition coefficient (Wildman–Crippen LogP) is 3.36. The van der Waals surface area contributed by atoms with E-state index in [1.54, 1.807) is 24.3 Å². The molecule has 0 bridgehead atoms. The molecule has 2 aromatic carbocycles. The average Bonchev–Trinajstić information content (AvgIpc) is 2.66. The highest BCUT2D eigenvalue weighted by atomic mass is 32.2. The molecule has 1 N–H and O–H groups in total. The molecular formula is C21H28N2O4S. The molecule has 1 atom stereocenters. The summed E-state index contributed by atoms with van der Waals surface area (Å²) < 4.78 is 32.8. The third kappa shape index (κ3) is 5.25. The second-order valence-electron chi connectivity index (χ2n) is 7.12. The van der Waals surface area contributed by atoms with Crippen molar-refractivity contribution >= 4 is 21.6 Å². The molecule has 0 radical (unpaired) electrons. The molecule has 0 saturated carbocycles. The van der Waals surface area contributed by atoms with E-state index in [0.29, 0.717) is 11.4 Å². The number of carbonyl (C=O) groups is 1. The van der Waals surface area contributed by atoms with Crippen LogP contribution < -0.4 is 14.4 Å². The second kappa shape index (κ2) is 9.10. The quantitative estimate of drug-likeness (QED) is 0.732. The Labute approximate surface area is 167 Å². The molecule has 2 aromatic rings. The summed E-state index contributed by atoms with van der Waals surface area (Å²) in [5.41, 5.74) is 1.44. The molecule has 0 saturated heterocycles. The van der Waals surface area contributed by atoms with Crippen LogP contribution in [0.15, 0.2) is 53.4 Å². The lowest BCUT2D eigenvalue weighted by Crippen LogP contribution is -2.45. The van der Waals surface area contributed by atoms with Crippen molar-refractivity contribution in [3.05, 3.63) is 54.1 Å². The van der Waals surface area contributed by atoms with Crippen LogP contribution in [0.5, 0.6) is 5.75 Å². The van der Waals surface area contributed by atoms with E-state index < -0.39 is 10.0 Å². The van der Waals surface area contributed by atoms with Crippen LogP contribution in [0.25, 0.3) is 0 Å². The maximum absolute atomic E-state index is 13.3. The summed E-state index contributed by atoms with van der Waals surface area (Å²) in [6, 6.07) is 13.1. The number of anilines is 1. The number of carbonyl (C=O) groups excluding carboxylic acids is 1. The summed E-state index contributed by atoms with van der Waals surface area (Å²) in [4.78, 5) is 12.6. The van der Waals surface area contributed by atoms with Crippen LogP contribution in [0, 0.1) is 12.8 Å². The van der Waals surface area contributed by atoms with Crippen molar-refractivity contribution in [3.8, 4) is 5.75 Å². The lowest BCUT2D eigenvalue weighted by molar-refractivity contribution is -0.120. The van der Waals surface area contributed by atoms with Gasteiger partial charge in [-0.25, -0.2) is 8.42 Å². The summed E-state index contributed by atoms with van der Waals surface area (Å²) in [5, 5.41) is 2.87. The van der Waals surface area contributed by atoms with Crippen molar-refractivity contribution in [2.24, 2.45) is 5.92 Å². The van der Waals surface area contributed by atoms with Gasteiger partial charge in [-0.3, -0.25) is 9.10 Å². The number of hydrogen-bond donors (Lipinski definition) is 1. The van der Waals surface area contributed by atoms with E-state index in [9.17, 15) is 13.2 Å². The molecule has 28 heavy (non-hydrogen) atoms. The highest BCUT2D eigenvalue weighted by Gasteiger charge is 2.27. The Hall–Kier alpha value is -2.54. The molecule has 0 fully saturated rings. The molecule has 0 unspecified atom stereocenters. The highest BCUT2D eigenvalue weighted by molar-refractivity contribution is 7.92. The first-order valence-corrected chi connectivity index (χ1v) is 10.6. The van der Waals surface area contributed by atoms with Crippen LogP contribution in [0.2, 0.25) is 0 Å². The largest absolute Gasteiger partial charge is 0.497 e. The summed E-state index contributed by atoms with van der Waals surface area (Å²) in [7, 11) is -2.41. The normalized spacial score (nSPS) is 12.5. The first-order valence-electron chi connectivity index (χ1n) is 9.18. The van der Waals surface area contributed by atoms with Crippen LogP contribution in [0.3, 0.4) is 0 Å². The number of nitrogens with zero attached hydrogens (tertiary/aromatic N) is 1. The fourth-order valence-electron chi connectivity index (χ4n) is 2.50. The predicted molar refractivity (Wildman–Crippen MR) is 111 cm³/mol. The summed E-state index contributed by atoms with van der Waals surface area (Å²) in [6.07, 6.45) is 0. The molecule has 152 valence electrons. The van der Waals surface area contributed by atoms with Gasteiger partial charge in [-0.1, -0.05) is 31.5 Å². The number of benzene rings is 2. The molecule has 0 aliphatic heterocycles.